The Morgan fingerprint density at radius 2 is 2.27 bits per heavy atom. The van der Waals surface area contributed by atoms with E-state index in [4.69, 9.17) is 16.3 Å². The Labute approximate surface area is 89.2 Å². The summed E-state index contributed by atoms with van der Waals surface area (Å²) in [6.45, 7) is -0.245. The number of hydrogen-bond donors (Lipinski definition) is 2. The number of aromatic amines is 2. The van der Waals surface area contributed by atoms with Gasteiger partial charge in [0.25, 0.3) is 5.56 Å². The molecular formula is C8H10ClFN2O3. The molecule has 0 fully saturated rings. The minimum atomic E-state index is -1.26. The van der Waals surface area contributed by atoms with Gasteiger partial charge in [-0.05, 0) is 0 Å². The van der Waals surface area contributed by atoms with Crippen LogP contribution >= 0.6 is 11.6 Å². The second-order valence-corrected chi connectivity index (χ2v) is 3.17. The Hall–Kier alpha value is -1.14. The van der Waals surface area contributed by atoms with E-state index in [1.165, 1.54) is 6.20 Å². The van der Waals surface area contributed by atoms with Crippen LogP contribution in [0.15, 0.2) is 15.8 Å². The molecule has 1 aromatic rings. The van der Waals surface area contributed by atoms with Crippen molar-refractivity contribution in [3.63, 3.8) is 0 Å². The Morgan fingerprint density at radius 1 is 1.53 bits per heavy atom. The van der Waals surface area contributed by atoms with E-state index in [0.29, 0.717) is 0 Å². The molecule has 1 aromatic heterocycles. The van der Waals surface area contributed by atoms with Gasteiger partial charge in [0.15, 0.2) is 0 Å². The summed E-state index contributed by atoms with van der Waals surface area (Å²) in [7, 11) is 0. The van der Waals surface area contributed by atoms with E-state index < -0.39 is 17.4 Å². The number of hydrogen-bond acceptors (Lipinski definition) is 3. The summed E-state index contributed by atoms with van der Waals surface area (Å²) in [6, 6.07) is 0. The van der Waals surface area contributed by atoms with Crippen LogP contribution in [0.3, 0.4) is 0 Å². The smallest absolute Gasteiger partial charge is 0.325 e. The first-order valence-electron chi connectivity index (χ1n) is 4.22. The molecule has 0 unspecified atom stereocenters. The van der Waals surface area contributed by atoms with Crippen LogP contribution in [0.25, 0.3) is 0 Å². The molecule has 84 valence electrons. The van der Waals surface area contributed by atoms with E-state index in [1.54, 1.807) is 0 Å². The van der Waals surface area contributed by atoms with Gasteiger partial charge in [0.1, 0.15) is 6.17 Å². The molecule has 0 spiro atoms. The summed E-state index contributed by atoms with van der Waals surface area (Å²) in [6.07, 6.45) is -0.0248. The first kappa shape index (κ1) is 11.9. The molecule has 1 atom stereocenters. The third-order valence-corrected chi connectivity index (χ3v) is 1.95. The maximum Gasteiger partial charge on any atom is 0.325 e. The molecule has 0 amide bonds. The summed E-state index contributed by atoms with van der Waals surface area (Å²) in [5.74, 6) is -0.151. The zero-order chi connectivity index (χ0) is 11.3. The number of alkyl halides is 2. The lowest BCUT2D eigenvalue weighted by Gasteiger charge is -2.05. The predicted octanol–water partition coefficient (Wildman–Crippen LogP) is 0.157. The number of nitrogens with one attached hydrogen (secondary N) is 2. The maximum absolute atomic E-state index is 12.6. The third-order valence-electron chi connectivity index (χ3n) is 1.62. The van der Waals surface area contributed by atoms with Gasteiger partial charge in [-0.1, -0.05) is 0 Å². The topological polar surface area (TPSA) is 75.0 Å². The van der Waals surface area contributed by atoms with Gasteiger partial charge < -0.3 is 9.72 Å². The first-order valence-corrected chi connectivity index (χ1v) is 4.75. The van der Waals surface area contributed by atoms with Gasteiger partial charge in [0.2, 0.25) is 0 Å². The molecule has 0 aliphatic rings. The van der Waals surface area contributed by atoms with Crippen molar-refractivity contribution in [1.29, 1.82) is 0 Å². The zero-order valence-corrected chi connectivity index (χ0v) is 8.51. The van der Waals surface area contributed by atoms with Gasteiger partial charge in [-0.3, -0.25) is 9.78 Å². The standard InChI is InChI=1S/C8H10ClFN2O3/c9-1-6(10)4-15-3-5-2-11-8(14)12-7(5)13/h2,6H,1,3-4H2,(H2,11,12,13,14)/t6-/m0/s1. The van der Waals surface area contributed by atoms with Crippen molar-refractivity contribution in [1.82, 2.24) is 9.97 Å². The Morgan fingerprint density at radius 3 is 2.87 bits per heavy atom. The minimum Gasteiger partial charge on any atom is -0.373 e. The molecule has 0 bridgehead atoms. The minimum absolute atomic E-state index is 0.0660. The highest BCUT2D eigenvalue weighted by atomic mass is 35.5. The zero-order valence-electron chi connectivity index (χ0n) is 7.76. The molecule has 2 N–H and O–H groups in total. The Kier molecular flexibility index (Phi) is 4.51. The number of aromatic nitrogens is 2. The van der Waals surface area contributed by atoms with E-state index in [0.717, 1.165) is 0 Å². The van der Waals surface area contributed by atoms with Gasteiger partial charge in [-0.25, -0.2) is 9.18 Å². The number of ether oxygens (including phenoxy) is 1. The SMILES string of the molecule is O=c1[nH]cc(COC[C@@H](F)CCl)c(=O)[nH]1. The lowest BCUT2D eigenvalue weighted by Crippen LogP contribution is -2.25. The molecule has 5 nitrogen and oxygen atoms in total. The van der Waals surface area contributed by atoms with Crippen LogP contribution in [0, 0.1) is 0 Å². The summed E-state index contributed by atoms with van der Waals surface area (Å²) < 4.78 is 17.5. The molecule has 0 saturated carbocycles. The number of H-pyrrole nitrogens is 2. The fourth-order valence-corrected chi connectivity index (χ4v) is 0.975. The van der Waals surface area contributed by atoms with Gasteiger partial charge in [-0.2, -0.15) is 0 Å². The summed E-state index contributed by atoms with van der Waals surface area (Å²) in [5.41, 5.74) is -0.899. The van der Waals surface area contributed by atoms with Crippen LogP contribution < -0.4 is 11.2 Å². The van der Waals surface area contributed by atoms with Crippen molar-refractivity contribution in [3.8, 4) is 0 Å². The molecule has 0 saturated heterocycles. The van der Waals surface area contributed by atoms with Gasteiger partial charge in [-0.15, -0.1) is 11.6 Å². The van der Waals surface area contributed by atoms with E-state index in [1.807, 2.05) is 4.98 Å². The second kappa shape index (κ2) is 5.67. The van der Waals surface area contributed by atoms with Crippen molar-refractivity contribution in [2.75, 3.05) is 12.5 Å². The van der Waals surface area contributed by atoms with Crippen LogP contribution in [-0.2, 0) is 11.3 Å². The highest BCUT2D eigenvalue weighted by Crippen LogP contribution is 1.97. The molecular weight excluding hydrogens is 227 g/mol. The lowest BCUT2D eigenvalue weighted by molar-refractivity contribution is 0.0765. The molecule has 1 heterocycles. The van der Waals surface area contributed by atoms with E-state index in [-0.39, 0.29) is 24.7 Å². The number of halogens is 2. The highest BCUT2D eigenvalue weighted by Gasteiger charge is 2.05. The monoisotopic (exact) mass is 236 g/mol. The van der Waals surface area contributed by atoms with Crippen molar-refractivity contribution in [2.24, 2.45) is 0 Å². The lowest BCUT2D eigenvalue weighted by atomic mass is 10.3. The van der Waals surface area contributed by atoms with Crippen LogP contribution in [-0.4, -0.2) is 28.6 Å². The van der Waals surface area contributed by atoms with Gasteiger partial charge in [0.05, 0.1) is 24.7 Å². The average Bonchev–Trinajstić information content (AvgIpc) is 2.21. The third kappa shape index (κ3) is 3.85. The summed E-state index contributed by atoms with van der Waals surface area (Å²) in [4.78, 5) is 26.1. The predicted molar refractivity (Wildman–Crippen MR) is 53.0 cm³/mol. The van der Waals surface area contributed by atoms with Crippen molar-refractivity contribution in [2.45, 2.75) is 12.8 Å². The van der Waals surface area contributed by atoms with Crippen molar-refractivity contribution >= 4 is 11.6 Å². The molecule has 0 radical (unpaired) electrons. The largest absolute Gasteiger partial charge is 0.373 e. The van der Waals surface area contributed by atoms with Gasteiger partial charge in [0, 0.05) is 6.20 Å². The molecule has 15 heavy (non-hydrogen) atoms. The fourth-order valence-electron chi connectivity index (χ4n) is 0.886. The normalized spacial score (nSPS) is 12.7. The highest BCUT2D eigenvalue weighted by molar-refractivity contribution is 6.18. The molecule has 0 aliphatic carbocycles. The number of rotatable bonds is 5. The first-order chi connectivity index (χ1) is 7.13. The van der Waals surface area contributed by atoms with E-state index in [2.05, 4.69) is 4.98 Å². The molecule has 7 heteroatoms. The van der Waals surface area contributed by atoms with Crippen LogP contribution in [0.1, 0.15) is 5.56 Å². The van der Waals surface area contributed by atoms with Crippen LogP contribution in [0.4, 0.5) is 4.39 Å². The van der Waals surface area contributed by atoms with Gasteiger partial charge >= 0.3 is 5.69 Å². The van der Waals surface area contributed by atoms with Crippen LogP contribution in [0.2, 0.25) is 0 Å². The van der Waals surface area contributed by atoms with E-state index in [9.17, 15) is 14.0 Å². The second-order valence-electron chi connectivity index (χ2n) is 2.86. The molecule has 0 aliphatic heterocycles. The van der Waals surface area contributed by atoms with Crippen molar-refractivity contribution in [3.05, 3.63) is 32.6 Å². The van der Waals surface area contributed by atoms with Crippen LogP contribution in [0.5, 0.6) is 0 Å². The average molecular weight is 237 g/mol. The Balaban J connectivity index is 2.51. The Bertz CT molecular complexity index is 417. The molecule has 1 rings (SSSR count). The fraction of sp³-hybridized carbons (Fsp3) is 0.500. The summed E-state index contributed by atoms with van der Waals surface area (Å²) in [5, 5.41) is 0. The molecule has 0 aromatic carbocycles. The summed E-state index contributed by atoms with van der Waals surface area (Å²) >= 11 is 5.22. The maximum atomic E-state index is 12.6. The van der Waals surface area contributed by atoms with Crippen molar-refractivity contribution < 1.29 is 9.13 Å². The van der Waals surface area contributed by atoms with E-state index >= 15 is 0 Å². The quantitative estimate of drug-likeness (QED) is 0.715.